The van der Waals surface area contributed by atoms with Gasteiger partial charge in [0.15, 0.2) is 0 Å². The van der Waals surface area contributed by atoms with E-state index in [1.165, 1.54) is 10.5 Å². The third kappa shape index (κ3) is 7.21. The number of benzene rings is 2. The van der Waals surface area contributed by atoms with Crippen molar-refractivity contribution in [2.75, 3.05) is 25.4 Å². The zero-order valence-electron chi connectivity index (χ0n) is 13.0. The van der Waals surface area contributed by atoms with Crippen LogP contribution in [0, 0.1) is 6.92 Å². The Kier molecular flexibility index (Phi) is 9.80. The zero-order valence-corrected chi connectivity index (χ0v) is 14.6. The van der Waals surface area contributed by atoms with Crippen molar-refractivity contribution in [3.8, 4) is 5.75 Å². The van der Waals surface area contributed by atoms with Gasteiger partial charge in [0.25, 0.3) is 0 Å². The molecular weight excluding hydrogens is 314 g/mol. The standard InChI is InChI=1S/C18H23NOS.ClH/c1-16-8-5-6-11-18(16)21-15-13-19-12-7-14-20-17-9-3-2-4-10-17;/h2-6,8-11,19H,7,12-15H2,1H3;1H. The molecule has 1 N–H and O–H groups in total. The van der Waals surface area contributed by atoms with Gasteiger partial charge in [0.05, 0.1) is 6.61 Å². The van der Waals surface area contributed by atoms with Crippen molar-refractivity contribution in [3.63, 3.8) is 0 Å². The normalized spacial score (nSPS) is 10.0. The summed E-state index contributed by atoms with van der Waals surface area (Å²) in [7, 11) is 0. The molecule has 0 heterocycles. The molecule has 0 amide bonds. The summed E-state index contributed by atoms with van der Waals surface area (Å²) >= 11 is 1.91. The number of rotatable bonds is 9. The first-order valence-corrected chi connectivity index (χ1v) is 8.42. The van der Waals surface area contributed by atoms with Crippen molar-refractivity contribution in [1.82, 2.24) is 5.32 Å². The maximum atomic E-state index is 5.65. The second-order valence-electron chi connectivity index (χ2n) is 4.88. The van der Waals surface area contributed by atoms with E-state index < -0.39 is 0 Å². The average molecular weight is 338 g/mol. The monoisotopic (exact) mass is 337 g/mol. The van der Waals surface area contributed by atoms with Gasteiger partial charge in [0.2, 0.25) is 0 Å². The maximum absolute atomic E-state index is 5.65. The molecule has 22 heavy (non-hydrogen) atoms. The largest absolute Gasteiger partial charge is 0.494 e. The molecule has 2 aromatic carbocycles. The summed E-state index contributed by atoms with van der Waals surface area (Å²) < 4.78 is 5.65. The van der Waals surface area contributed by atoms with Crippen LogP contribution in [0.1, 0.15) is 12.0 Å². The van der Waals surface area contributed by atoms with Gasteiger partial charge in [-0.2, -0.15) is 0 Å². The third-order valence-corrected chi connectivity index (χ3v) is 4.32. The van der Waals surface area contributed by atoms with Crippen LogP contribution in [0.4, 0.5) is 0 Å². The first kappa shape index (κ1) is 18.9. The van der Waals surface area contributed by atoms with E-state index in [-0.39, 0.29) is 12.4 Å². The van der Waals surface area contributed by atoms with Gasteiger partial charge in [0, 0.05) is 17.2 Å². The van der Waals surface area contributed by atoms with E-state index in [0.717, 1.165) is 37.6 Å². The second-order valence-corrected chi connectivity index (χ2v) is 6.02. The number of para-hydroxylation sites is 1. The zero-order chi connectivity index (χ0) is 14.8. The summed E-state index contributed by atoms with van der Waals surface area (Å²) in [6, 6.07) is 18.5. The molecule has 2 aromatic rings. The van der Waals surface area contributed by atoms with Crippen molar-refractivity contribution in [2.45, 2.75) is 18.2 Å². The Morgan fingerprint density at radius 1 is 0.955 bits per heavy atom. The van der Waals surface area contributed by atoms with Crippen molar-refractivity contribution in [1.29, 1.82) is 0 Å². The minimum atomic E-state index is 0. The summed E-state index contributed by atoms with van der Waals surface area (Å²) in [6.07, 6.45) is 1.03. The van der Waals surface area contributed by atoms with Gasteiger partial charge in [-0.3, -0.25) is 0 Å². The topological polar surface area (TPSA) is 21.3 Å². The smallest absolute Gasteiger partial charge is 0.119 e. The van der Waals surface area contributed by atoms with E-state index in [1.807, 2.05) is 42.1 Å². The predicted molar refractivity (Wildman–Crippen MR) is 98.6 cm³/mol. The molecule has 0 spiro atoms. The molecule has 4 heteroatoms. The SMILES string of the molecule is Cc1ccccc1SCCNCCCOc1ccccc1.Cl. The molecule has 0 aliphatic heterocycles. The van der Waals surface area contributed by atoms with E-state index in [1.54, 1.807) is 0 Å². The Morgan fingerprint density at radius 2 is 1.68 bits per heavy atom. The molecule has 0 unspecified atom stereocenters. The molecule has 2 nitrogen and oxygen atoms in total. The van der Waals surface area contributed by atoms with Crippen molar-refractivity contribution in [2.24, 2.45) is 0 Å². The molecule has 0 aliphatic carbocycles. The van der Waals surface area contributed by atoms with E-state index >= 15 is 0 Å². The first-order chi connectivity index (χ1) is 10.4. The lowest BCUT2D eigenvalue weighted by molar-refractivity contribution is 0.309. The fourth-order valence-electron chi connectivity index (χ4n) is 1.98. The van der Waals surface area contributed by atoms with Gasteiger partial charge in [-0.15, -0.1) is 24.2 Å². The second kappa shape index (κ2) is 11.4. The summed E-state index contributed by atoms with van der Waals surface area (Å²) in [5.74, 6) is 2.05. The van der Waals surface area contributed by atoms with E-state index in [2.05, 4.69) is 36.5 Å². The number of nitrogens with one attached hydrogen (secondary N) is 1. The Morgan fingerprint density at radius 3 is 2.45 bits per heavy atom. The number of ether oxygens (including phenoxy) is 1. The van der Waals surface area contributed by atoms with Gasteiger partial charge in [-0.25, -0.2) is 0 Å². The highest BCUT2D eigenvalue weighted by atomic mass is 35.5. The lowest BCUT2D eigenvalue weighted by Gasteiger charge is -2.08. The first-order valence-electron chi connectivity index (χ1n) is 7.43. The summed E-state index contributed by atoms with van der Waals surface area (Å²) in [5, 5.41) is 3.46. The van der Waals surface area contributed by atoms with Crippen LogP contribution < -0.4 is 10.1 Å². The number of halogens is 1. The van der Waals surface area contributed by atoms with Crippen LogP contribution in [0.2, 0.25) is 0 Å². The molecule has 0 aliphatic rings. The van der Waals surface area contributed by atoms with Crippen LogP contribution in [0.5, 0.6) is 5.75 Å². The molecule has 0 radical (unpaired) electrons. The summed E-state index contributed by atoms with van der Waals surface area (Å²) in [4.78, 5) is 1.38. The maximum Gasteiger partial charge on any atom is 0.119 e. The van der Waals surface area contributed by atoms with Gasteiger partial charge >= 0.3 is 0 Å². The van der Waals surface area contributed by atoms with Crippen LogP contribution in [0.15, 0.2) is 59.5 Å². The number of hydrogen-bond donors (Lipinski definition) is 1. The van der Waals surface area contributed by atoms with Gasteiger partial charge in [-0.1, -0.05) is 36.4 Å². The number of hydrogen-bond acceptors (Lipinski definition) is 3. The number of aryl methyl sites for hydroxylation is 1. The highest BCUT2D eigenvalue weighted by Gasteiger charge is 1.97. The highest BCUT2D eigenvalue weighted by Crippen LogP contribution is 2.20. The molecule has 0 aromatic heterocycles. The molecule has 0 saturated heterocycles. The Hall–Kier alpha value is -1.16. The fourth-order valence-corrected chi connectivity index (χ4v) is 2.92. The predicted octanol–water partition coefficient (Wildman–Crippen LogP) is 4.57. The molecule has 0 saturated carbocycles. The quantitative estimate of drug-likeness (QED) is 0.535. The molecular formula is C18H24ClNOS. The molecule has 120 valence electrons. The Bertz CT molecular complexity index is 522. The number of thioether (sulfide) groups is 1. The van der Waals surface area contributed by atoms with E-state index in [4.69, 9.17) is 4.74 Å². The molecule has 2 rings (SSSR count). The highest BCUT2D eigenvalue weighted by molar-refractivity contribution is 7.99. The lowest BCUT2D eigenvalue weighted by Crippen LogP contribution is -2.20. The minimum absolute atomic E-state index is 0. The minimum Gasteiger partial charge on any atom is -0.494 e. The average Bonchev–Trinajstić information content (AvgIpc) is 2.52. The van der Waals surface area contributed by atoms with Crippen molar-refractivity contribution < 1.29 is 4.74 Å². The van der Waals surface area contributed by atoms with Gasteiger partial charge in [0.1, 0.15) is 5.75 Å². The van der Waals surface area contributed by atoms with Crippen LogP contribution >= 0.6 is 24.2 Å². The third-order valence-electron chi connectivity index (χ3n) is 3.14. The van der Waals surface area contributed by atoms with Crippen molar-refractivity contribution >= 4 is 24.2 Å². The Labute approximate surface area is 144 Å². The van der Waals surface area contributed by atoms with Gasteiger partial charge in [-0.05, 0) is 43.7 Å². The fraction of sp³-hybridized carbons (Fsp3) is 0.333. The van der Waals surface area contributed by atoms with E-state index in [0.29, 0.717) is 0 Å². The van der Waals surface area contributed by atoms with E-state index in [9.17, 15) is 0 Å². The van der Waals surface area contributed by atoms with Crippen molar-refractivity contribution in [3.05, 3.63) is 60.2 Å². The lowest BCUT2D eigenvalue weighted by atomic mass is 10.2. The molecule has 0 fully saturated rings. The summed E-state index contributed by atoms with van der Waals surface area (Å²) in [6.45, 7) is 4.96. The molecule has 0 bridgehead atoms. The van der Waals surface area contributed by atoms with Crippen LogP contribution in [-0.4, -0.2) is 25.4 Å². The van der Waals surface area contributed by atoms with Gasteiger partial charge < -0.3 is 10.1 Å². The molecule has 0 atom stereocenters. The van der Waals surface area contributed by atoms with Crippen LogP contribution in [0.3, 0.4) is 0 Å². The van der Waals surface area contributed by atoms with Crippen LogP contribution in [-0.2, 0) is 0 Å². The summed E-state index contributed by atoms with van der Waals surface area (Å²) in [5.41, 5.74) is 1.36. The van der Waals surface area contributed by atoms with Crippen LogP contribution in [0.25, 0.3) is 0 Å². The Balaban J connectivity index is 0.00000242.